The Morgan fingerprint density at radius 2 is 2.00 bits per heavy atom. The average molecular weight is 305 g/mol. The summed E-state index contributed by atoms with van der Waals surface area (Å²) in [5.41, 5.74) is 1.50. The third-order valence-corrected chi connectivity index (χ3v) is 4.94. The molecule has 2 heterocycles. The first kappa shape index (κ1) is 15.3. The van der Waals surface area contributed by atoms with Crippen LogP contribution < -0.4 is 10.6 Å². The number of benzene rings is 1. The lowest BCUT2D eigenvalue weighted by Gasteiger charge is -2.41. The minimum absolute atomic E-state index is 0.0170. The van der Waals surface area contributed by atoms with Gasteiger partial charge in [0.05, 0.1) is 11.4 Å². The average Bonchev–Trinajstić information content (AvgIpc) is 2.81. The lowest BCUT2D eigenvalue weighted by atomic mass is 9.84. The van der Waals surface area contributed by atoms with Crippen LogP contribution in [0.4, 0.5) is 15.8 Å². The normalized spacial score (nSPS) is 25.0. The second kappa shape index (κ2) is 5.88. The van der Waals surface area contributed by atoms with Crippen LogP contribution in [-0.2, 0) is 10.3 Å². The van der Waals surface area contributed by atoms with E-state index in [1.165, 1.54) is 18.6 Å². The summed E-state index contributed by atoms with van der Waals surface area (Å²) in [5.74, 6) is -0.308. The zero-order chi connectivity index (χ0) is 15.7. The van der Waals surface area contributed by atoms with Gasteiger partial charge >= 0.3 is 0 Å². The first-order chi connectivity index (χ1) is 10.6. The summed E-state index contributed by atoms with van der Waals surface area (Å²) in [7, 11) is 0. The number of hydrogen-bond donors (Lipinski definition) is 2. The van der Waals surface area contributed by atoms with Gasteiger partial charge in [-0.3, -0.25) is 9.69 Å². The zero-order valence-corrected chi connectivity index (χ0v) is 13.3. The lowest BCUT2D eigenvalue weighted by Crippen LogP contribution is -2.52. The van der Waals surface area contributed by atoms with Crippen molar-refractivity contribution in [2.45, 2.75) is 45.1 Å². The third kappa shape index (κ3) is 2.19. The number of rotatable bonds is 4. The first-order valence-electron chi connectivity index (χ1n) is 8.28. The highest BCUT2D eigenvalue weighted by Crippen LogP contribution is 2.47. The standard InChI is InChI=1S/C17H24FN3O/c1-3-17(21-8-6-5-7-9-21)13-10-12(18)11-14(19-4-2)15(13)20-16(17)22/h10-11,19H,3-9H2,1-2H3,(H,20,22). The number of nitrogens with zero attached hydrogens (tertiary/aromatic N) is 1. The smallest absolute Gasteiger partial charge is 0.249 e. The summed E-state index contributed by atoms with van der Waals surface area (Å²) in [6.07, 6.45) is 4.05. The summed E-state index contributed by atoms with van der Waals surface area (Å²) in [6, 6.07) is 3.00. The summed E-state index contributed by atoms with van der Waals surface area (Å²) >= 11 is 0. The van der Waals surface area contributed by atoms with Gasteiger partial charge < -0.3 is 10.6 Å². The molecule has 1 aromatic carbocycles. The van der Waals surface area contributed by atoms with Crippen LogP contribution in [-0.4, -0.2) is 30.4 Å². The third-order valence-electron chi connectivity index (χ3n) is 4.94. The van der Waals surface area contributed by atoms with Gasteiger partial charge in [-0.05, 0) is 51.4 Å². The van der Waals surface area contributed by atoms with Gasteiger partial charge in [0.1, 0.15) is 11.4 Å². The fraction of sp³-hybridized carbons (Fsp3) is 0.588. The predicted molar refractivity (Wildman–Crippen MR) is 86.6 cm³/mol. The fourth-order valence-corrected chi connectivity index (χ4v) is 3.90. The van der Waals surface area contributed by atoms with Crippen molar-refractivity contribution in [3.05, 3.63) is 23.5 Å². The van der Waals surface area contributed by atoms with Gasteiger partial charge in [0.25, 0.3) is 0 Å². The van der Waals surface area contributed by atoms with Crippen LogP contribution >= 0.6 is 0 Å². The van der Waals surface area contributed by atoms with Gasteiger partial charge in [0.15, 0.2) is 0 Å². The maximum Gasteiger partial charge on any atom is 0.249 e. The van der Waals surface area contributed by atoms with Crippen LogP contribution in [0.5, 0.6) is 0 Å². The minimum atomic E-state index is -0.720. The molecule has 1 unspecified atom stereocenters. The molecule has 0 aromatic heterocycles. The predicted octanol–water partition coefficient (Wildman–Crippen LogP) is 3.30. The second-order valence-corrected chi connectivity index (χ2v) is 6.12. The van der Waals surface area contributed by atoms with Gasteiger partial charge in [-0.15, -0.1) is 0 Å². The molecule has 1 atom stereocenters. The van der Waals surface area contributed by atoms with E-state index in [9.17, 15) is 9.18 Å². The molecule has 2 aliphatic rings. The molecule has 22 heavy (non-hydrogen) atoms. The fourth-order valence-electron chi connectivity index (χ4n) is 3.90. The zero-order valence-electron chi connectivity index (χ0n) is 13.3. The molecule has 1 saturated heterocycles. The van der Waals surface area contributed by atoms with Crippen LogP contribution in [0.2, 0.25) is 0 Å². The van der Waals surface area contributed by atoms with E-state index < -0.39 is 5.54 Å². The van der Waals surface area contributed by atoms with Crippen molar-refractivity contribution in [2.24, 2.45) is 0 Å². The van der Waals surface area contributed by atoms with Crippen molar-refractivity contribution in [3.8, 4) is 0 Å². The van der Waals surface area contributed by atoms with E-state index in [-0.39, 0.29) is 11.7 Å². The molecule has 120 valence electrons. The number of likely N-dealkylation sites (tertiary alicyclic amines) is 1. The molecule has 2 N–H and O–H groups in total. The highest BCUT2D eigenvalue weighted by Gasteiger charge is 2.50. The van der Waals surface area contributed by atoms with E-state index in [0.717, 1.165) is 37.2 Å². The number of nitrogens with one attached hydrogen (secondary N) is 2. The summed E-state index contributed by atoms with van der Waals surface area (Å²) in [4.78, 5) is 15.1. The van der Waals surface area contributed by atoms with Crippen LogP contribution in [0.25, 0.3) is 0 Å². The molecule has 1 amide bonds. The monoisotopic (exact) mass is 305 g/mol. The molecule has 0 bridgehead atoms. The highest BCUT2D eigenvalue weighted by atomic mass is 19.1. The Labute approximate surface area is 131 Å². The van der Waals surface area contributed by atoms with E-state index >= 15 is 0 Å². The van der Waals surface area contributed by atoms with Crippen molar-refractivity contribution in [1.29, 1.82) is 0 Å². The Morgan fingerprint density at radius 3 is 2.64 bits per heavy atom. The summed E-state index contributed by atoms with van der Waals surface area (Å²) in [5, 5.41) is 6.17. The molecule has 0 saturated carbocycles. The van der Waals surface area contributed by atoms with Gasteiger partial charge in [-0.25, -0.2) is 4.39 Å². The number of carbonyl (C=O) groups is 1. The SMILES string of the molecule is CCNc1cc(F)cc2c1NC(=O)C2(CC)N1CCCCC1. The maximum absolute atomic E-state index is 14.1. The van der Waals surface area contributed by atoms with E-state index in [2.05, 4.69) is 15.5 Å². The van der Waals surface area contributed by atoms with Crippen molar-refractivity contribution in [1.82, 2.24) is 4.90 Å². The highest BCUT2D eigenvalue weighted by molar-refractivity contribution is 6.08. The molecule has 0 radical (unpaired) electrons. The number of halogens is 1. The molecular formula is C17H24FN3O. The van der Waals surface area contributed by atoms with Gasteiger partial charge in [0.2, 0.25) is 5.91 Å². The first-order valence-corrected chi connectivity index (χ1v) is 8.28. The summed E-state index contributed by atoms with van der Waals surface area (Å²) < 4.78 is 14.1. The molecule has 1 fully saturated rings. The van der Waals surface area contributed by atoms with Gasteiger partial charge in [-0.1, -0.05) is 13.3 Å². The number of carbonyl (C=O) groups excluding carboxylic acids is 1. The lowest BCUT2D eigenvalue weighted by molar-refractivity contribution is -0.129. The molecular weight excluding hydrogens is 281 g/mol. The number of anilines is 2. The van der Waals surface area contributed by atoms with E-state index in [1.807, 2.05) is 13.8 Å². The van der Waals surface area contributed by atoms with Crippen molar-refractivity contribution in [3.63, 3.8) is 0 Å². The minimum Gasteiger partial charge on any atom is -0.384 e. The number of amides is 1. The maximum atomic E-state index is 14.1. The molecule has 5 heteroatoms. The number of piperidine rings is 1. The Hall–Kier alpha value is -1.62. The summed E-state index contributed by atoms with van der Waals surface area (Å²) in [6.45, 7) is 6.46. The van der Waals surface area contributed by atoms with Crippen LogP contribution in [0.15, 0.2) is 12.1 Å². The van der Waals surface area contributed by atoms with Crippen molar-refractivity contribution >= 4 is 17.3 Å². The topological polar surface area (TPSA) is 44.4 Å². The van der Waals surface area contributed by atoms with Crippen LogP contribution in [0.1, 0.15) is 45.1 Å². The van der Waals surface area contributed by atoms with Crippen LogP contribution in [0.3, 0.4) is 0 Å². The Morgan fingerprint density at radius 1 is 1.27 bits per heavy atom. The Bertz CT molecular complexity index is 584. The van der Waals surface area contributed by atoms with E-state index in [1.54, 1.807) is 0 Å². The van der Waals surface area contributed by atoms with E-state index in [4.69, 9.17) is 0 Å². The van der Waals surface area contributed by atoms with Crippen molar-refractivity contribution in [2.75, 3.05) is 30.3 Å². The van der Waals surface area contributed by atoms with E-state index in [0.29, 0.717) is 18.7 Å². The number of hydrogen-bond acceptors (Lipinski definition) is 3. The van der Waals surface area contributed by atoms with Crippen LogP contribution in [0, 0.1) is 5.82 Å². The molecule has 3 rings (SSSR count). The van der Waals surface area contributed by atoms with Crippen molar-refractivity contribution < 1.29 is 9.18 Å². The molecule has 4 nitrogen and oxygen atoms in total. The molecule has 0 aliphatic carbocycles. The number of fused-ring (bicyclic) bond motifs is 1. The Balaban J connectivity index is 2.12. The molecule has 2 aliphatic heterocycles. The Kier molecular flexibility index (Phi) is 4.08. The molecule has 1 aromatic rings. The largest absolute Gasteiger partial charge is 0.384 e. The van der Waals surface area contributed by atoms with Gasteiger partial charge in [-0.2, -0.15) is 0 Å². The quantitative estimate of drug-likeness (QED) is 0.897. The van der Waals surface area contributed by atoms with Gasteiger partial charge in [0, 0.05) is 12.1 Å². The molecule has 0 spiro atoms. The second-order valence-electron chi connectivity index (χ2n) is 6.12.